The Morgan fingerprint density at radius 1 is 1.43 bits per heavy atom. The summed E-state index contributed by atoms with van der Waals surface area (Å²) in [6.45, 7) is 2.98. The Hall–Kier alpha value is -0.660. The van der Waals surface area contributed by atoms with Gasteiger partial charge in [-0.2, -0.15) is 0 Å². The average Bonchev–Trinajstić information content (AvgIpc) is 1.78. The first kappa shape index (κ1) is 13.3. The number of nitrogens with one attached hydrogen (secondary N) is 1. The Kier molecular flexibility index (Phi) is 4.50. The van der Waals surface area contributed by atoms with Gasteiger partial charge in [0.1, 0.15) is 0 Å². The molecular formula is C7H15NO5S. The van der Waals surface area contributed by atoms with Gasteiger partial charge in [-0.25, -0.2) is 13.1 Å². The molecule has 0 aliphatic rings. The van der Waals surface area contributed by atoms with Crippen LogP contribution < -0.4 is 4.72 Å². The van der Waals surface area contributed by atoms with Crippen LogP contribution in [-0.2, 0) is 14.8 Å². The van der Waals surface area contributed by atoms with Gasteiger partial charge in [0.15, 0.2) is 5.75 Å². The second kappa shape index (κ2) is 4.72. The standard InChI is InChI=1S/C7H15NO5S/c1-7(2,3-4-9)8-14(12,13)5-6(10)11/h8-9H,3-5H2,1-2H3,(H,10,11). The van der Waals surface area contributed by atoms with Gasteiger partial charge in [0.25, 0.3) is 0 Å². The fourth-order valence-corrected chi connectivity index (χ4v) is 2.29. The minimum Gasteiger partial charge on any atom is -0.480 e. The molecule has 7 heteroatoms. The van der Waals surface area contributed by atoms with E-state index in [9.17, 15) is 13.2 Å². The van der Waals surface area contributed by atoms with Crippen molar-refractivity contribution >= 4 is 16.0 Å². The zero-order chi connectivity index (χ0) is 11.4. The molecule has 3 N–H and O–H groups in total. The van der Waals surface area contributed by atoms with E-state index in [0.717, 1.165) is 0 Å². The summed E-state index contributed by atoms with van der Waals surface area (Å²) in [5.74, 6) is -2.36. The maximum absolute atomic E-state index is 11.2. The van der Waals surface area contributed by atoms with Crippen LogP contribution in [0.1, 0.15) is 20.3 Å². The van der Waals surface area contributed by atoms with Crippen LogP contribution in [-0.4, -0.2) is 42.5 Å². The molecule has 0 saturated heterocycles. The number of sulfonamides is 1. The Morgan fingerprint density at radius 2 is 1.93 bits per heavy atom. The lowest BCUT2D eigenvalue weighted by Crippen LogP contribution is -2.45. The van der Waals surface area contributed by atoms with Crippen LogP contribution in [0.25, 0.3) is 0 Å². The van der Waals surface area contributed by atoms with Crippen molar-refractivity contribution in [2.45, 2.75) is 25.8 Å². The van der Waals surface area contributed by atoms with Gasteiger partial charge in [-0.3, -0.25) is 4.79 Å². The predicted molar refractivity (Wildman–Crippen MR) is 50.3 cm³/mol. The van der Waals surface area contributed by atoms with Crippen molar-refractivity contribution in [3.63, 3.8) is 0 Å². The van der Waals surface area contributed by atoms with E-state index in [1.807, 2.05) is 0 Å². The monoisotopic (exact) mass is 225 g/mol. The highest BCUT2D eigenvalue weighted by atomic mass is 32.2. The van der Waals surface area contributed by atoms with E-state index < -0.39 is 27.3 Å². The van der Waals surface area contributed by atoms with E-state index in [1.165, 1.54) is 0 Å². The van der Waals surface area contributed by atoms with Gasteiger partial charge < -0.3 is 10.2 Å². The molecule has 0 saturated carbocycles. The molecule has 0 radical (unpaired) electrons. The average molecular weight is 225 g/mol. The van der Waals surface area contributed by atoms with Crippen molar-refractivity contribution in [2.24, 2.45) is 0 Å². The Balaban J connectivity index is 4.42. The summed E-state index contributed by atoms with van der Waals surface area (Å²) in [7, 11) is -3.82. The second-order valence-corrected chi connectivity index (χ2v) is 5.33. The van der Waals surface area contributed by atoms with E-state index in [0.29, 0.717) is 0 Å². The number of rotatable bonds is 6. The third kappa shape index (κ3) is 5.90. The first-order chi connectivity index (χ1) is 6.18. The van der Waals surface area contributed by atoms with Crippen LogP contribution in [0.2, 0.25) is 0 Å². The van der Waals surface area contributed by atoms with Gasteiger partial charge in [0, 0.05) is 12.1 Å². The van der Waals surface area contributed by atoms with E-state index in [1.54, 1.807) is 13.8 Å². The summed E-state index contributed by atoms with van der Waals surface area (Å²) >= 11 is 0. The fraction of sp³-hybridized carbons (Fsp3) is 0.857. The SMILES string of the molecule is CC(C)(CCO)NS(=O)(=O)CC(=O)O. The van der Waals surface area contributed by atoms with Crippen molar-refractivity contribution in [1.29, 1.82) is 0 Å². The van der Waals surface area contributed by atoms with Gasteiger partial charge >= 0.3 is 5.97 Å². The Morgan fingerprint density at radius 3 is 2.29 bits per heavy atom. The maximum atomic E-state index is 11.2. The van der Waals surface area contributed by atoms with Crippen molar-refractivity contribution < 1.29 is 23.4 Å². The molecule has 0 aliphatic heterocycles. The van der Waals surface area contributed by atoms with E-state index in [4.69, 9.17) is 10.2 Å². The van der Waals surface area contributed by atoms with Crippen LogP contribution in [0.15, 0.2) is 0 Å². The van der Waals surface area contributed by atoms with Crippen LogP contribution in [0.3, 0.4) is 0 Å². The molecule has 0 unspecified atom stereocenters. The van der Waals surface area contributed by atoms with E-state index in [-0.39, 0.29) is 13.0 Å². The van der Waals surface area contributed by atoms with Crippen molar-refractivity contribution in [1.82, 2.24) is 4.72 Å². The molecule has 0 rings (SSSR count). The lowest BCUT2D eigenvalue weighted by atomic mass is 10.0. The zero-order valence-electron chi connectivity index (χ0n) is 8.15. The first-order valence-electron chi connectivity index (χ1n) is 4.03. The van der Waals surface area contributed by atoms with Crippen molar-refractivity contribution in [2.75, 3.05) is 12.4 Å². The van der Waals surface area contributed by atoms with Crippen LogP contribution in [0.5, 0.6) is 0 Å². The first-order valence-corrected chi connectivity index (χ1v) is 5.68. The van der Waals surface area contributed by atoms with Crippen LogP contribution in [0, 0.1) is 0 Å². The third-order valence-corrected chi connectivity index (χ3v) is 2.97. The highest BCUT2D eigenvalue weighted by molar-refractivity contribution is 7.90. The minimum absolute atomic E-state index is 0.164. The van der Waals surface area contributed by atoms with E-state index in [2.05, 4.69) is 4.72 Å². The van der Waals surface area contributed by atoms with Crippen LogP contribution >= 0.6 is 0 Å². The molecule has 0 spiro atoms. The van der Waals surface area contributed by atoms with Crippen molar-refractivity contribution in [3.8, 4) is 0 Å². The van der Waals surface area contributed by atoms with Gasteiger partial charge in [0.2, 0.25) is 10.0 Å². The maximum Gasteiger partial charge on any atom is 0.320 e. The highest BCUT2D eigenvalue weighted by Gasteiger charge is 2.25. The Bertz CT molecular complexity index is 295. The summed E-state index contributed by atoms with van der Waals surface area (Å²) in [6, 6.07) is 0. The fourth-order valence-electron chi connectivity index (χ4n) is 0.950. The highest BCUT2D eigenvalue weighted by Crippen LogP contribution is 2.09. The minimum atomic E-state index is -3.82. The molecule has 0 fully saturated rings. The molecule has 0 aromatic carbocycles. The number of hydrogen-bond acceptors (Lipinski definition) is 4. The summed E-state index contributed by atoms with van der Waals surface area (Å²) in [4.78, 5) is 10.2. The molecule has 0 atom stereocenters. The summed E-state index contributed by atoms with van der Waals surface area (Å²) < 4.78 is 24.5. The molecule has 0 aliphatic carbocycles. The van der Waals surface area contributed by atoms with Gasteiger partial charge in [0.05, 0.1) is 0 Å². The number of aliphatic hydroxyl groups excluding tert-OH is 1. The zero-order valence-corrected chi connectivity index (χ0v) is 8.97. The molecule has 14 heavy (non-hydrogen) atoms. The number of carboxylic acid groups (broad SMARTS) is 1. The summed E-state index contributed by atoms with van der Waals surface area (Å²) in [5, 5.41) is 16.9. The van der Waals surface area contributed by atoms with Gasteiger partial charge in [-0.1, -0.05) is 0 Å². The number of carboxylic acids is 1. The van der Waals surface area contributed by atoms with E-state index >= 15 is 0 Å². The number of aliphatic hydroxyl groups is 1. The normalized spacial score (nSPS) is 12.8. The molecule has 0 amide bonds. The number of hydrogen-bond donors (Lipinski definition) is 3. The molecular weight excluding hydrogens is 210 g/mol. The smallest absolute Gasteiger partial charge is 0.320 e. The largest absolute Gasteiger partial charge is 0.480 e. The second-order valence-electron chi connectivity index (χ2n) is 3.61. The topological polar surface area (TPSA) is 104 Å². The van der Waals surface area contributed by atoms with Gasteiger partial charge in [-0.15, -0.1) is 0 Å². The quantitative estimate of drug-likeness (QED) is 0.546. The molecule has 6 nitrogen and oxygen atoms in total. The predicted octanol–water partition coefficient (Wildman–Crippen LogP) is -0.849. The third-order valence-electron chi connectivity index (χ3n) is 1.48. The lowest BCUT2D eigenvalue weighted by Gasteiger charge is -2.24. The number of carbonyl (C=O) groups is 1. The van der Waals surface area contributed by atoms with Crippen LogP contribution in [0.4, 0.5) is 0 Å². The lowest BCUT2D eigenvalue weighted by molar-refractivity contribution is -0.134. The summed E-state index contributed by atoms with van der Waals surface area (Å²) in [5.41, 5.74) is -0.830. The molecule has 0 bridgehead atoms. The van der Waals surface area contributed by atoms with Gasteiger partial charge in [-0.05, 0) is 20.3 Å². The number of aliphatic carboxylic acids is 1. The summed E-state index contributed by atoms with van der Waals surface area (Å²) in [6.07, 6.45) is 0.228. The molecule has 0 heterocycles. The van der Waals surface area contributed by atoms with Crippen molar-refractivity contribution in [3.05, 3.63) is 0 Å². The molecule has 0 aromatic heterocycles. The molecule has 0 aromatic rings. The molecule has 84 valence electrons. The Labute approximate surface area is 83.0 Å².